The molecule has 2 aromatic carbocycles. The average molecular weight is 593 g/mol. The van der Waals surface area contributed by atoms with E-state index in [9.17, 15) is 9.59 Å². The van der Waals surface area contributed by atoms with Crippen LogP contribution in [-0.4, -0.2) is 46.4 Å². The molecule has 4 aromatic rings. The van der Waals surface area contributed by atoms with E-state index in [1.54, 1.807) is 14.2 Å². The number of nitrogens with zero attached hydrogens (tertiary/aromatic N) is 4. The molecule has 41 heavy (non-hydrogen) atoms. The van der Waals surface area contributed by atoms with Crippen LogP contribution in [0.5, 0.6) is 11.5 Å². The van der Waals surface area contributed by atoms with Gasteiger partial charge in [0.2, 0.25) is 22.1 Å². The van der Waals surface area contributed by atoms with Crippen molar-refractivity contribution in [3.63, 3.8) is 0 Å². The third-order valence-electron chi connectivity index (χ3n) is 6.99. The molecule has 2 N–H and O–H groups in total. The lowest BCUT2D eigenvalue weighted by Gasteiger charge is -2.15. The summed E-state index contributed by atoms with van der Waals surface area (Å²) in [5.74, 6) is 1.59. The highest BCUT2D eigenvalue weighted by atomic mass is 32.1. The standard InChI is InChI=1S/C29H32N6O4S2/c1-38-22-11-5-7-18(13-22)15-24(36)30-28-34-32-26(40-28)20-9-3-4-10-21(17-20)27-33-35-29(41-27)31-25(37)16-19-8-6-12-23(14-19)39-2/h5-8,11-14,20-21H,3-4,9-10,15-17H2,1-2H3,(H,30,34,36)(H,31,35,37)/t20-,21-/m1/s1. The summed E-state index contributed by atoms with van der Waals surface area (Å²) in [6.07, 6.45) is 5.51. The number of ether oxygens (including phenoxy) is 2. The fraction of sp³-hybridized carbons (Fsp3) is 0.379. The lowest BCUT2D eigenvalue weighted by molar-refractivity contribution is -0.116. The van der Waals surface area contributed by atoms with Gasteiger partial charge >= 0.3 is 0 Å². The van der Waals surface area contributed by atoms with E-state index in [0.717, 1.165) is 64.7 Å². The average Bonchev–Trinajstić information content (AvgIpc) is 3.56. The van der Waals surface area contributed by atoms with Gasteiger partial charge in [0, 0.05) is 11.8 Å². The highest BCUT2D eigenvalue weighted by Crippen LogP contribution is 2.42. The summed E-state index contributed by atoms with van der Waals surface area (Å²) >= 11 is 2.86. The summed E-state index contributed by atoms with van der Waals surface area (Å²) in [6, 6.07) is 14.9. The number of aromatic nitrogens is 4. The molecule has 2 atom stereocenters. The highest BCUT2D eigenvalue weighted by Gasteiger charge is 2.28. The Hall–Kier alpha value is -3.90. The van der Waals surface area contributed by atoms with Gasteiger partial charge in [-0.25, -0.2) is 0 Å². The maximum absolute atomic E-state index is 12.6. The topological polar surface area (TPSA) is 128 Å². The maximum atomic E-state index is 12.6. The van der Waals surface area contributed by atoms with Crippen molar-refractivity contribution in [1.29, 1.82) is 0 Å². The van der Waals surface area contributed by atoms with E-state index in [0.29, 0.717) is 10.3 Å². The van der Waals surface area contributed by atoms with Crippen LogP contribution in [-0.2, 0) is 22.4 Å². The van der Waals surface area contributed by atoms with E-state index in [2.05, 4.69) is 31.0 Å². The first-order valence-electron chi connectivity index (χ1n) is 13.5. The number of benzene rings is 2. The van der Waals surface area contributed by atoms with Crippen molar-refractivity contribution in [1.82, 2.24) is 20.4 Å². The predicted octanol–water partition coefficient (Wildman–Crippen LogP) is 5.60. The van der Waals surface area contributed by atoms with Crippen molar-refractivity contribution >= 4 is 44.8 Å². The molecule has 2 aromatic heterocycles. The van der Waals surface area contributed by atoms with Crippen LogP contribution in [0.4, 0.5) is 10.3 Å². The van der Waals surface area contributed by atoms with Crippen molar-refractivity contribution in [2.24, 2.45) is 0 Å². The van der Waals surface area contributed by atoms with Gasteiger partial charge in [0.15, 0.2) is 0 Å². The Morgan fingerprint density at radius 1 is 0.756 bits per heavy atom. The van der Waals surface area contributed by atoms with E-state index in [1.807, 2.05) is 48.5 Å². The van der Waals surface area contributed by atoms with Crippen molar-refractivity contribution < 1.29 is 19.1 Å². The smallest absolute Gasteiger partial charge is 0.230 e. The molecule has 2 heterocycles. The number of carbonyl (C=O) groups excluding carboxylic acids is 2. The molecule has 1 saturated carbocycles. The van der Waals surface area contributed by atoms with Gasteiger partial charge in [-0.3, -0.25) is 9.59 Å². The summed E-state index contributed by atoms with van der Waals surface area (Å²) in [6.45, 7) is 0. The second-order valence-corrected chi connectivity index (χ2v) is 12.0. The van der Waals surface area contributed by atoms with E-state index >= 15 is 0 Å². The second kappa shape index (κ2) is 13.6. The number of hydrogen-bond acceptors (Lipinski definition) is 10. The molecule has 1 aliphatic rings. The fourth-order valence-electron chi connectivity index (χ4n) is 4.97. The zero-order valence-corrected chi connectivity index (χ0v) is 24.6. The lowest BCUT2D eigenvalue weighted by atomic mass is 9.94. The van der Waals surface area contributed by atoms with Crippen molar-refractivity contribution in [2.75, 3.05) is 24.9 Å². The summed E-state index contributed by atoms with van der Waals surface area (Å²) in [4.78, 5) is 25.2. The van der Waals surface area contributed by atoms with Gasteiger partial charge < -0.3 is 20.1 Å². The van der Waals surface area contributed by atoms with Gasteiger partial charge in [-0.2, -0.15) is 0 Å². The summed E-state index contributed by atoms with van der Waals surface area (Å²) in [5, 5.41) is 26.0. The summed E-state index contributed by atoms with van der Waals surface area (Å²) < 4.78 is 10.5. The minimum Gasteiger partial charge on any atom is -0.497 e. The zero-order chi connectivity index (χ0) is 28.6. The molecule has 10 nitrogen and oxygen atoms in total. The van der Waals surface area contributed by atoms with Crippen LogP contribution in [0.3, 0.4) is 0 Å². The molecule has 12 heteroatoms. The van der Waals surface area contributed by atoms with Gasteiger partial charge in [0.1, 0.15) is 21.5 Å². The Morgan fingerprint density at radius 2 is 1.22 bits per heavy atom. The molecule has 0 spiro atoms. The molecule has 0 radical (unpaired) electrons. The van der Waals surface area contributed by atoms with E-state index in [-0.39, 0.29) is 36.5 Å². The molecule has 0 saturated heterocycles. The van der Waals surface area contributed by atoms with Crippen molar-refractivity contribution in [3.8, 4) is 11.5 Å². The molecule has 0 unspecified atom stereocenters. The number of nitrogens with one attached hydrogen (secondary N) is 2. The number of hydrogen-bond donors (Lipinski definition) is 2. The quantitative estimate of drug-likeness (QED) is 0.228. The maximum Gasteiger partial charge on any atom is 0.230 e. The van der Waals surface area contributed by atoms with Crippen LogP contribution in [0.15, 0.2) is 48.5 Å². The third-order valence-corrected chi connectivity index (χ3v) is 9.00. The van der Waals surface area contributed by atoms with Crippen LogP contribution in [0, 0.1) is 0 Å². The largest absolute Gasteiger partial charge is 0.497 e. The Morgan fingerprint density at radius 3 is 1.66 bits per heavy atom. The molecular weight excluding hydrogens is 560 g/mol. The predicted molar refractivity (Wildman–Crippen MR) is 159 cm³/mol. The van der Waals surface area contributed by atoms with Crippen LogP contribution in [0.2, 0.25) is 0 Å². The minimum absolute atomic E-state index is 0.144. The van der Waals surface area contributed by atoms with Gasteiger partial charge in [0.05, 0.1) is 27.1 Å². The minimum atomic E-state index is -0.144. The van der Waals surface area contributed by atoms with Gasteiger partial charge in [0.25, 0.3) is 0 Å². The van der Waals surface area contributed by atoms with E-state index < -0.39 is 0 Å². The first-order valence-corrected chi connectivity index (χ1v) is 15.1. The normalized spacial score (nSPS) is 16.9. The van der Waals surface area contributed by atoms with Crippen LogP contribution in [0.1, 0.15) is 65.1 Å². The van der Waals surface area contributed by atoms with Crippen LogP contribution in [0.25, 0.3) is 0 Å². The Balaban J connectivity index is 1.17. The Kier molecular flexibility index (Phi) is 9.52. The first kappa shape index (κ1) is 28.6. The second-order valence-electron chi connectivity index (χ2n) is 9.96. The van der Waals surface area contributed by atoms with E-state index in [1.165, 1.54) is 22.7 Å². The van der Waals surface area contributed by atoms with Crippen molar-refractivity contribution in [2.45, 2.75) is 56.8 Å². The number of rotatable bonds is 10. The number of amides is 2. The molecular formula is C29H32N6O4S2. The Bertz CT molecular complexity index is 1380. The van der Waals surface area contributed by atoms with E-state index in [4.69, 9.17) is 9.47 Å². The molecule has 2 amide bonds. The molecule has 0 bridgehead atoms. The SMILES string of the molecule is COc1cccc(CC(=O)Nc2nnc([C@@H]3CCCC[C@@H](c4nnc(NC(=O)Cc5cccc(OC)c5)s4)C3)s2)c1. The monoisotopic (exact) mass is 592 g/mol. The summed E-state index contributed by atoms with van der Waals surface area (Å²) in [5.41, 5.74) is 1.73. The molecule has 5 rings (SSSR count). The first-order chi connectivity index (χ1) is 20.0. The van der Waals surface area contributed by atoms with Crippen molar-refractivity contribution in [3.05, 3.63) is 69.7 Å². The number of anilines is 2. The zero-order valence-electron chi connectivity index (χ0n) is 23.0. The van der Waals surface area contributed by atoms with Gasteiger partial charge in [-0.15, -0.1) is 20.4 Å². The van der Waals surface area contributed by atoms with Crippen LogP contribution < -0.4 is 20.1 Å². The molecule has 1 fully saturated rings. The highest BCUT2D eigenvalue weighted by molar-refractivity contribution is 7.15. The third kappa shape index (κ3) is 7.86. The fourth-order valence-corrected chi connectivity index (χ4v) is 6.79. The lowest BCUT2D eigenvalue weighted by Crippen LogP contribution is -2.14. The number of methoxy groups -OCH3 is 2. The molecule has 1 aliphatic carbocycles. The number of carbonyl (C=O) groups is 2. The Labute approximate surface area is 246 Å². The molecule has 214 valence electrons. The van der Waals surface area contributed by atoms with Crippen LogP contribution >= 0.6 is 22.7 Å². The molecule has 0 aliphatic heterocycles. The van der Waals surface area contributed by atoms with Gasteiger partial charge in [-0.1, -0.05) is 59.8 Å². The summed E-state index contributed by atoms with van der Waals surface area (Å²) in [7, 11) is 3.21. The van der Waals surface area contributed by atoms with Gasteiger partial charge in [-0.05, 0) is 54.7 Å².